The van der Waals surface area contributed by atoms with Crippen molar-refractivity contribution in [2.45, 2.75) is 0 Å². The number of rotatable bonds is 0. The summed E-state index contributed by atoms with van der Waals surface area (Å²) in [6, 6.07) is 0. The molecule has 0 saturated carbocycles. The van der Waals surface area contributed by atoms with Crippen LogP contribution in [0.4, 0.5) is 0 Å². The Labute approximate surface area is 96.7 Å². The monoisotopic (exact) mass is 189 g/mol. The van der Waals surface area contributed by atoms with Crippen molar-refractivity contribution in [1.82, 2.24) is 0 Å². The van der Waals surface area contributed by atoms with Crippen molar-refractivity contribution in [3.05, 3.63) is 0 Å². The molecular weight excluding hydrogens is 185 g/mol. The first-order chi connectivity index (χ1) is 2.00. The van der Waals surface area contributed by atoms with Crippen molar-refractivity contribution in [2.75, 3.05) is 0 Å². The number of phosphoric acid groups is 1. The SMILES string of the molecule is O=P(O)(O)O.[H-].[K+].[V]. The van der Waals surface area contributed by atoms with Gasteiger partial charge in [0.05, 0.1) is 0 Å². The molecule has 0 aromatic carbocycles. The molecule has 0 rings (SSSR count). The Morgan fingerprint density at radius 3 is 1.29 bits per heavy atom. The third-order valence-electron chi connectivity index (χ3n) is 0. The van der Waals surface area contributed by atoms with Crippen LogP contribution in [0.1, 0.15) is 1.43 Å². The van der Waals surface area contributed by atoms with Gasteiger partial charge in [0.1, 0.15) is 0 Å². The minimum atomic E-state index is -4.64. The van der Waals surface area contributed by atoms with Crippen LogP contribution in [0, 0.1) is 0 Å². The van der Waals surface area contributed by atoms with Crippen LogP contribution in [0.25, 0.3) is 0 Å². The second-order valence-corrected chi connectivity index (χ2v) is 1.54. The van der Waals surface area contributed by atoms with Crippen molar-refractivity contribution in [3.63, 3.8) is 0 Å². The molecule has 0 aromatic heterocycles. The van der Waals surface area contributed by atoms with Crippen LogP contribution in [0.3, 0.4) is 0 Å². The molecule has 0 aliphatic heterocycles. The Hall–Kier alpha value is 2.33. The first-order valence-corrected chi connectivity index (χ1v) is 2.35. The van der Waals surface area contributed by atoms with Crippen molar-refractivity contribution < 1.29 is 90.6 Å². The van der Waals surface area contributed by atoms with E-state index >= 15 is 0 Å². The van der Waals surface area contributed by atoms with Gasteiger partial charge in [-0.25, -0.2) is 4.57 Å². The van der Waals surface area contributed by atoms with Gasteiger partial charge in [-0.1, -0.05) is 0 Å². The van der Waals surface area contributed by atoms with Crippen LogP contribution in [0.2, 0.25) is 0 Å². The predicted octanol–water partition coefficient (Wildman–Crippen LogP) is -3.81. The second-order valence-electron chi connectivity index (χ2n) is 0.513. The zero-order valence-electron chi connectivity index (χ0n) is 4.64. The molecule has 0 atom stereocenters. The molecule has 0 aliphatic rings. The summed E-state index contributed by atoms with van der Waals surface area (Å²) in [5.41, 5.74) is 0. The van der Waals surface area contributed by atoms with Gasteiger partial charge < -0.3 is 16.1 Å². The summed E-state index contributed by atoms with van der Waals surface area (Å²) < 4.78 is 8.88. The van der Waals surface area contributed by atoms with Gasteiger partial charge in [-0.15, -0.1) is 0 Å². The Morgan fingerprint density at radius 1 is 1.29 bits per heavy atom. The van der Waals surface area contributed by atoms with Gasteiger partial charge >= 0.3 is 59.2 Å². The third-order valence-corrected chi connectivity index (χ3v) is 0. The van der Waals surface area contributed by atoms with Gasteiger partial charge in [-0.05, 0) is 0 Å². The van der Waals surface area contributed by atoms with Crippen LogP contribution < -0.4 is 51.4 Å². The smallest absolute Gasteiger partial charge is 1.00 e. The van der Waals surface area contributed by atoms with Crippen molar-refractivity contribution >= 4 is 7.82 Å². The fraction of sp³-hybridized carbons (Fsp3) is 0. The van der Waals surface area contributed by atoms with E-state index in [1.807, 2.05) is 0 Å². The molecule has 7 heteroatoms. The second kappa shape index (κ2) is 6.45. The maximum atomic E-state index is 8.88. The zero-order valence-corrected chi connectivity index (χ0v) is 9.06. The molecule has 0 fully saturated rings. The predicted molar refractivity (Wildman–Crippen MR) is 15.4 cm³/mol. The molecule has 3 N–H and O–H groups in total. The summed E-state index contributed by atoms with van der Waals surface area (Å²) in [6.07, 6.45) is 0. The standard InChI is InChI=1S/K.H3O4P.V.H/c;1-5(2,3)4;;/h;(H3,1,2,3,4);;/q+1;;;-1. The fourth-order valence-corrected chi connectivity index (χ4v) is 0. The zero-order chi connectivity index (χ0) is 4.50. The first kappa shape index (κ1) is 16.2. The maximum Gasteiger partial charge on any atom is 1.00 e. The molecule has 0 saturated heterocycles. The van der Waals surface area contributed by atoms with Crippen molar-refractivity contribution in [3.8, 4) is 0 Å². The summed E-state index contributed by atoms with van der Waals surface area (Å²) >= 11 is 0. The van der Waals surface area contributed by atoms with Crippen molar-refractivity contribution in [1.29, 1.82) is 0 Å². The summed E-state index contributed by atoms with van der Waals surface area (Å²) in [6.45, 7) is 0. The third kappa shape index (κ3) is 61.5. The molecule has 0 amide bonds. The molecule has 39 valence electrons. The van der Waals surface area contributed by atoms with E-state index in [9.17, 15) is 0 Å². The summed E-state index contributed by atoms with van der Waals surface area (Å²) in [7, 11) is -4.64. The van der Waals surface area contributed by atoms with E-state index in [-0.39, 0.29) is 71.4 Å². The topological polar surface area (TPSA) is 77.8 Å². The molecule has 0 bridgehead atoms. The Bertz CT molecular complexity index is 62.2. The van der Waals surface area contributed by atoms with E-state index < -0.39 is 7.82 Å². The van der Waals surface area contributed by atoms with Crippen LogP contribution in [-0.2, 0) is 23.1 Å². The molecule has 0 unspecified atom stereocenters. The molecule has 0 heterocycles. The summed E-state index contributed by atoms with van der Waals surface area (Å²) in [5, 5.41) is 0. The van der Waals surface area contributed by atoms with Crippen LogP contribution in [0.5, 0.6) is 0 Å². The van der Waals surface area contributed by atoms with Crippen LogP contribution in [0.15, 0.2) is 0 Å². The summed E-state index contributed by atoms with van der Waals surface area (Å²) in [4.78, 5) is 21.6. The van der Waals surface area contributed by atoms with Gasteiger partial charge in [0.2, 0.25) is 0 Å². The van der Waals surface area contributed by atoms with Gasteiger partial charge in [0.25, 0.3) is 0 Å². The molecule has 0 aliphatic carbocycles. The molecule has 0 aromatic rings. The van der Waals surface area contributed by atoms with E-state index in [0.29, 0.717) is 0 Å². The Kier molecular flexibility index (Phi) is 14.9. The minimum absolute atomic E-state index is 0. The van der Waals surface area contributed by atoms with Gasteiger partial charge in [-0.3, -0.25) is 0 Å². The quantitative estimate of drug-likeness (QED) is 0.269. The van der Waals surface area contributed by atoms with Crippen molar-refractivity contribution in [2.24, 2.45) is 0 Å². The number of hydrogen-bond donors (Lipinski definition) is 3. The fourth-order valence-electron chi connectivity index (χ4n) is 0. The normalized spacial score (nSPS) is 8.43. The minimum Gasteiger partial charge on any atom is -1.00 e. The van der Waals surface area contributed by atoms with E-state index in [0.717, 1.165) is 0 Å². The van der Waals surface area contributed by atoms with E-state index in [1.165, 1.54) is 0 Å². The molecular formula is H4KO4PV. The average Bonchev–Trinajstić information content (AvgIpc) is 0.722. The number of hydrogen-bond acceptors (Lipinski definition) is 1. The Morgan fingerprint density at radius 2 is 1.29 bits per heavy atom. The molecule has 4 nitrogen and oxygen atoms in total. The van der Waals surface area contributed by atoms with E-state index in [1.54, 1.807) is 0 Å². The first-order valence-electron chi connectivity index (χ1n) is 0.783. The van der Waals surface area contributed by atoms with E-state index in [2.05, 4.69) is 0 Å². The van der Waals surface area contributed by atoms with Gasteiger partial charge in [0.15, 0.2) is 0 Å². The van der Waals surface area contributed by atoms with Crippen LogP contribution >= 0.6 is 7.82 Å². The maximum absolute atomic E-state index is 8.88. The van der Waals surface area contributed by atoms with Crippen LogP contribution in [-0.4, -0.2) is 14.7 Å². The average molecular weight is 189 g/mol. The van der Waals surface area contributed by atoms with Gasteiger partial charge in [0, 0.05) is 18.6 Å². The van der Waals surface area contributed by atoms with E-state index in [4.69, 9.17) is 19.2 Å². The van der Waals surface area contributed by atoms with Gasteiger partial charge in [-0.2, -0.15) is 0 Å². The molecule has 0 spiro atoms. The Balaban J connectivity index is -0.0000000267. The molecule has 1 radical (unpaired) electrons. The largest absolute Gasteiger partial charge is 1.00 e. The summed E-state index contributed by atoms with van der Waals surface area (Å²) in [5.74, 6) is 0. The molecule has 7 heavy (non-hydrogen) atoms.